The number of hydrogen-bond donors (Lipinski definition) is 0. The lowest BCUT2D eigenvalue weighted by molar-refractivity contribution is -0.139. The van der Waals surface area contributed by atoms with E-state index in [9.17, 15) is 19.2 Å². The summed E-state index contributed by atoms with van der Waals surface area (Å²) < 4.78 is 5.57. The quantitative estimate of drug-likeness (QED) is 0.371. The highest BCUT2D eigenvalue weighted by molar-refractivity contribution is 6.30. The van der Waals surface area contributed by atoms with Gasteiger partial charge < -0.3 is 9.64 Å². The maximum Gasteiger partial charge on any atom is 0.316 e. The summed E-state index contributed by atoms with van der Waals surface area (Å²) in [6, 6.07) is 13.3. The number of rotatable bonds is 4. The van der Waals surface area contributed by atoms with Crippen molar-refractivity contribution in [1.29, 1.82) is 0 Å². The van der Waals surface area contributed by atoms with Gasteiger partial charge >= 0.3 is 5.97 Å². The number of amides is 3. The minimum Gasteiger partial charge on any atom is -0.426 e. The number of anilines is 2. The van der Waals surface area contributed by atoms with Crippen LogP contribution in [0, 0.1) is 23.7 Å². The van der Waals surface area contributed by atoms with Crippen LogP contribution in [0.5, 0.6) is 5.75 Å². The second-order valence-corrected chi connectivity index (χ2v) is 9.88. The zero-order chi connectivity index (χ0) is 24.0. The van der Waals surface area contributed by atoms with Gasteiger partial charge in [0, 0.05) is 29.7 Å². The first-order chi connectivity index (χ1) is 16.3. The number of halogens is 1. The molecule has 5 rings (SSSR count). The van der Waals surface area contributed by atoms with Crippen LogP contribution in [-0.4, -0.2) is 30.2 Å². The van der Waals surface area contributed by atoms with E-state index in [0.29, 0.717) is 22.3 Å². The smallest absolute Gasteiger partial charge is 0.316 e. The van der Waals surface area contributed by atoms with Crippen molar-refractivity contribution < 1.29 is 23.9 Å². The third-order valence-corrected chi connectivity index (χ3v) is 7.33. The van der Waals surface area contributed by atoms with E-state index in [1.54, 1.807) is 53.4 Å². The second-order valence-electron chi connectivity index (χ2n) is 9.44. The van der Waals surface area contributed by atoms with Crippen molar-refractivity contribution in [3.63, 3.8) is 0 Å². The van der Waals surface area contributed by atoms with Gasteiger partial charge in [0.1, 0.15) is 5.75 Å². The lowest BCUT2D eigenvalue weighted by Crippen LogP contribution is -2.31. The number of carbonyl (C=O) groups excluding carboxylic acids is 4. The van der Waals surface area contributed by atoms with Gasteiger partial charge in [-0.25, -0.2) is 4.90 Å². The largest absolute Gasteiger partial charge is 0.426 e. The molecule has 2 saturated heterocycles. The SMILES string of the molecule is C[C@@H]1CC[C@@H]2C(=O)N(c3cccc(OC(=O)[C@@H]4CC(=O)N(c5ccc(Cl)cc5)C4)c3)C(=O)[C@@H]2C1. The molecule has 1 aliphatic carbocycles. The molecule has 2 aromatic rings. The van der Waals surface area contributed by atoms with E-state index in [2.05, 4.69) is 6.92 Å². The number of fused-ring (bicyclic) bond motifs is 1. The lowest BCUT2D eigenvalue weighted by Gasteiger charge is -2.25. The van der Waals surface area contributed by atoms with Gasteiger partial charge in [0.2, 0.25) is 17.7 Å². The second kappa shape index (κ2) is 8.87. The highest BCUT2D eigenvalue weighted by Crippen LogP contribution is 2.42. The van der Waals surface area contributed by atoms with Crippen LogP contribution in [0.2, 0.25) is 5.02 Å². The van der Waals surface area contributed by atoms with Crippen LogP contribution >= 0.6 is 11.6 Å². The fraction of sp³-hybridized carbons (Fsp3) is 0.385. The Morgan fingerprint density at radius 2 is 1.71 bits per heavy atom. The van der Waals surface area contributed by atoms with Crippen molar-refractivity contribution in [2.75, 3.05) is 16.3 Å². The molecule has 0 aromatic heterocycles. The molecule has 3 aliphatic rings. The molecule has 2 heterocycles. The maximum atomic E-state index is 13.0. The molecule has 0 spiro atoms. The van der Waals surface area contributed by atoms with Gasteiger partial charge in [-0.05, 0) is 61.6 Å². The molecule has 3 fully saturated rings. The lowest BCUT2D eigenvalue weighted by atomic mass is 9.76. The van der Waals surface area contributed by atoms with E-state index < -0.39 is 11.9 Å². The Bertz CT molecular complexity index is 1160. The molecule has 1 saturated carbocycles. The molecule has 0 bridgehead atoms. The van der Waals surface area contributed by atoms with Gasteiger partial charge in [-0.1, -0.05) is 24.6 Å². The average Bonchev–Trinajstić information content (AvgIpc) is 3.32. The standard InChI is InChI=1S/C26H25ClN2O5/c1-15-5-10-21-22(11-15)25(32)29(24(21)31)19-3-2-4-20(13-19)34-26(33)16-12-23(30)28(14-16)18-8-6-17(27)7-9-18/h2-4,6-9,13,15-16,21-22H,5,10-12,14H2,1H3/t15-,16-,21+,22-/m1/s1. The number of benzene rings is 2. The summed E-state index contributed by atoms with van der Waals surface area (Å²) in [5.41, 5.74) is 1.08. The zero-order valence-corrected chi connectivity index (χ0v) is 19.5. The van der Waals surface area contributed by atoms with Gasteiger partial charge in [0.15, 0.2) is 0 Å². The average molecular weight is 481 g/mol. The van der Waals surface area contributed by atoms with Gasteiger partial charge in [0.25, 0.3) is 0 Å². The third kappa shape index (κ3) is 4.09. The molecule has 2 aromatic carbocycles. The first-order valence-corrected chi connectivity index (χ1v) is 11.9. The summed E-state index contributed by atoms with van der Waals surface area (Å²) in [6.45, 7) is 2.32. The first kappa shape index (κ1) is 22.6. The molecule has 8 heteroatoms. The Balaban J connectivity index is 1.28. The first-order valence-electron chi connectivity index (χ1n) is 11.6. The van der Waals surface area contributed by atoms with Gasteiger partial charge in [-0.15, -0.1) is 0 Å². The summed E-state index contributed by atoms with van der Waals surface area (Å²) in [5.74, 6) is -1.53. The molecule has 0 unspecified atom stereocenters. The molecule has 4 atom stereocenters. The van der Waals surface area contributed by atoms with Crippen molar-refractivity contribution in [1.82, 2.24) is 0 Å². The van der Waals surface area contributed by atoms with Crippen molar-refractivity contribution in [2.45, 2.75) is 32.6 Å². The van der Waals surface area contributed by atoms with Crippen LogP contribution in [0.15, 0.2) is 48.5 Å². The Morgan fingerprint density at radius 1 is 0.971 bits per heavy atom. The predicted molar refractivity (Wildman–Crippen MR) is 126 cm³/mol. The van der Waals surface area contributed by atoms with Crippen molar-refractivity contribution in [3.05, 3.63) is 53.6 Å². The van der Waals surface area contributed by atoms with Crippen molar-refractivity contribution in [2.24, 2.45) is 23.7 Å². The van der Waals surface area contributed by atoms with Crippen molar-refractivity contribution >= 4 is 46.7 Å². The fourth-order valence-corrected chi connectivity index (χ4v) is 5.39. The van der Waals surface area contributed by atoms with E-state index in [1.165, 1.54) is 4.90 Å². The van der Waals surface area contributed by atoms with E-state index in [4.69, 9.17) is 16.3 Å². The van der Waals surface area contributed by atoms with Crippen molar-refractivity contribution in [3.8, 4) is 5.75 Å². The van der Waals surface area contributed by atoms with Crippen LogP contribution in [0.3, 0.4) is 0 Å². The number of imide groups is 1. The molecule has 0 radical (unpaired) electrons. The fourth-order valence-electron chi connectivity index (χ4n) is 5.27. The zero-order valence-electron chi connectivity index (χ0n) is 18.8. The number of esters is 1. The van der Waals surface area contributed by atoms with E-state index in [0.717, 1.165) is 19.3 Å². The van der Waals surface area contributed by atoms with Gasteiger partial charge in [-0.3, -0.25) is 19.2 Å². The molecule has 0 N–H and O–H groups in total. The van der Waals surface area contributed by atoms with Crippen LogP contribution in [-0.2, 0) is 19.2 Å². The molecule has 7 nitrogen and oxygen atoms in total. The molecule has 34 heavy (non-hydrogen) atoms. The monoisotopic (exact) mass is 480 g/mol. The Morgan fingerprint density at radius 3 is 2.47 bits per heavy atom. The van der Waals surface area contributed by atoms with E-state index >= 15 is 0 Å². The normalized spacial score (nSPS) is 26.7. The minimum absolute atomic E-state index is 0.0474. The van der Waals surface area contributed by atoms with Gasteiger partial charge in [0.05, 0.1) is 23.4 Å². The number of ether oxygens (including phenoxy) is 1. The van der Waals surface area contributed by atoms with Crippen LogP contribution < -0.4 is 14.5 Å². The molecule has 176 valence electrons. The molecule has 3 amide bonds. The highest BCUT2D eigenvalue weighted by Gasteiger charge is 2.50. The van der Waals surface area contributed by atoms with E-state index in [1.807, 2.05) is 0 Å². The third-order valence-electron chi connectivity index (χ3n) is 7.08. The Labute approximate surface area is 202 Å². The maximum absolute atomic E-state index is 13.0. The van der Waals surface area contributed by atoms with Crippen LogP contribution in [0.1, 0.15) is 32.6 Å². The summed E-state index contributed by atoms with van der Waals surface area (Å²) >= 11 is 5.92. The number of nitrogens with zero attached hydrogens (tertiary/aromatic N) is 2. The van der Waals surface area contributed by atoms with Crippen LogP contribution in [0.4, 0.5) is 11.4 Å². The number of hydrogen-bond acceptors (Lipinski definition) is 5. The molecular weight excluding hydrogens is 456 g/mol. The molecule has 2 aliphatic heterocycles. The minimum atomic E-state index is -0.619. The summed E-state index contributed by atoms with van der Waals surface area (Å²) in [7, 11) is 0. The summed E-state index contributed by atoms with van der Waals surface area (Å²) in [6.07, 6.45) is 2.44. The molecular formula is C26H25ClN2O5. The number of carbonyl (C=O) groups is 4. The summed E-state index contributed by atoms with van der Waals surface area (Å²) in [4.78, 5) is 54.1. The predicted octanol–water partition coefficient (Wildman–Crippen LogP) is 4.22. The van der Waals surface area contributed by atoms with Crippen LogP contribution in [0.25, 0.3) is 0 Å². The summed E-state index contributed by atoms with van der Waals surface area (Å²) in [5, 5.41) is 0.565. The Hall–Kier alpha value is -3.19. The highest BCUT2D eigenvalue weighted by atomic mass is 35.5. The van der Waals surface area contributed by atoms with E-state index in [-0.39, 0.29) is 48.3 Å². The van der Waals surface area contributed by atoms with Gasteiger partial charge in [-0.2, -0.15) is 0 Å². The topological polar surface area (TPSA) is 84.0 Å². The Kier molecular flexibility index (Phi) is 5.90.